The average molecular weight is 382 g/mol. The Hall–Kier alpha value is -1.14. The van der Waals surface area contributed by atoms with Crippen LogP contribution in [0.3, 0.4) is 0 Å². The molecule has 98 valence electrons. The Labute approximate surface area is 132 Å². The average Bonchev–Trinajstić information content (AvgIpc) is 2.42. The lowest BCUT2D eigenvalue weighted by atomic mass is 10.1. The molecule has 0 spiro atoms. The molecule has 0 saturated carbocycles. The van der Waals surface area contributed by atoms with E-state index in [1.165, 1.54) is 9.13 Å². The minimum absolute atomic E-state index is 0.185. The minimum Gasteiger partial charge on any atom is -0.356 e. The van der Waals surface area contributed by atoms with E-state index in [2.05, 4.69) is 52.3 Å². The van der Waals surface area contributed by atoms with Gasteiger partial charge in [0, 0.05) is 9.26 Å². The summed E-state index contributed by atoms with van der Waals surface area (Å²) in [5.74, 6) is 0. The second-order valence-corrected chi connectivity index (χ2v) is 5.89. The highest BCUT2D eigenvalue weighted by Crippen LogP contribution is 2.13. The Bertz CT molecular complexity index is 540. The molecule has 0 aliphatic heterocycles. The third kappa shape index (κ3) is 4.47. The van der Waals surface area contributed by atoms with Gasteiger partial charge in [-0.25, -0.2) is 0 Å². The molecule has 2 rings (SSSR count). The molecule has 0 fully saturated rings. The van der Waals surface area contributed by atoms with Crippen molar-refractivity contribution in [1.29, 1.82) is 0 Å². The van der Waals surface area contributed by atoms with Gasteiger partial charge >= 0.3 is 0 Å². The van der Waals surface area contributed by atoms with E-state index >= 15 is 0 Å². The molecule has 0 aliphatic carbocycles. The van der Waals surface area contributed by atoms with E-state index in [0.717, 1.165) is 5.69 Å². The molecule has 0 radical (unpaired) electrons. The molecule has 2 nitrogen and oxygen atoms in total. The van der Waals surface area contributed by atoms with Gasteiger partial charge in [0.15, 0.2) is 5.11 Å². The molecule has 2 N–H and O–H groups in total. The summed E-state index contributed by atoms with van der Waals surface area (Å²) in [6.07, 6.45) is 0. The van der Waals surface area contributed by atoms with E-state index in [9.17, 15) is 0 Å². The van der Waals surface area contributed by atoms with Crippen molar-refractivity contribution >= 4 is 45.6 Å². The van der Waals surface area contributed by atoms with Crippen LogP contribution < -0.4 is 10.6 Å². The predicted octanol–water partition coefficient (Wildman–Crippen LogP) is 4.34. The lowest BCUT2D eigenvalue weighted by Crippen LogP contribution is -2.30. The van der Waals surface area contributed by atoms with Gasteiger partial charge in [-0.15, -0.1) is 0 Å². The fourth-order valence-electron chi connectivity index (χ4n) is 1.72. The van der Waals surface area contributed by atoms with Crippen LogP contribution in [-0.4, -0.2) is 5.11 Å². The number of hydrogen-bond donors (Lipinski definition) is 2. The summed E-state index contributed by atoms with van der Waals surface area (Å²) in [7, 11) is 0. The quantitative estimate of drug-likeness (QED) is 0.610. The van der Waals surface area contributed by atoms with Crippen molar-refractivity contribution in [3.8, 4) is 0 Å². The van der Waals surface area contributed by atoms with Gasteiger partial charge in [0.1, 0.15) is 0 Å². The van der Waals surface area contributed by atoms with Crippen molar-refractivity contribution in [2.75, 3.05) is 5.32 Å². The van der Waals surface area contributed by atoms with Gasteiger partial charge in [0.05, 0.1) is 6.04 Å². The molecule has 1 unspecified atom stereocenters. The summed E-state index contributed by atoms with van der Waals surface area (Å²) in [6, 6.07) is 18.6. The third-order valence-electron chi connectivity index (χ3n) is 2.75. The number of hydrogen-bond acceptors (Lipinski definition) is 1. The molecule has 0 amide bonds. The predicted molar refractivity (Wildman–Crippen MR) is 93.4 cm³/mol. The maximum atomic E-state index is 5.32. The molecular weight excluding hydrogens is 367 g/mol. The van der Waals surface area contributed by atoms with Gasteiger partial charge in [0.2, 0.25) is 0 Å². The van der Waals surface area contributed by atoms with E-state index in [0.29, 0.717) is 5.11 Å². The summed E-state index contributed by atoms with van der Waals surface area (Å²) in [4.78, 5) is 0. The zero-order chi connectivity index (χ0) is 13.7. The summed E-state index contributed by atoms with van der Waals surface area (Å²) < 4.78 is 1.21. The monoisotopic (exact) mass is 382 g/mol. The van der Waals surface area contributed by atoms with Crippen LogP contribution in [0.1, 0.15) is 18.5 Å². The van der Waals surface area contributed by atoms with E-state index < -0.39 is 0 Å². The lowest BCUT2D eigenvalue weighted by molar-refractivity contribution is 0.722. The number of anilines is 1. The summed E-state index contributed by atoms with van der Waals surface area (Å²) >= 11 is 7.60. The molecule has 0 heterocycles. The van der Waals surface area contributed by atoms with Crippen molar-refractivity contribution in [1.82, 2.24) is 5.32 Å². The Morgan fingerprint density at radius 3 is 2.32 bits per heavy atom. The van der Waals surface area contributed by atoms with E-state index in [1.807, 2.05) is 42.5 Å². The van der Waals surface area contributed by atoms with Crippen LogP contribution in [0.2, 0.25) is 0 Å². The largest absolute Gasteiger partial charge is 0.356 e. The smallest absolute Gasteiger partial charge is 0.171 e. The molecule has 0 bridgehead atoms. The molecule has 0 aliphatic rings. The standard InChI is InChI=1S/C15H15IN2S/c1-11(12-5-3-2-4-6-12)17-15(19)18-14-9-7-13(16)8-10-14/h2-11H,1H3,(H2,17,18,19). The first-order valence-corrected chi connectivity index (χ1v) is 7.52. The normalized spacial score (nSPS) is 11.7. The fourth-order valence-corrected chi connectivity index (χ4v) is 2.38. The second kappa shape index (κ2) is 6.86. The van der Waals surface area contributed by atoms with Crippen LogP contribution >= 0.6 is 34.8 Å². The summed E-state index contributed by atoms with van der Waals surface area (Å²) in [5.41, 5.74) is 2.22. The summed E-state index contributed by atoms with van der Waals surface area (Å²) in [6.45, 7) is 2.09. The van der Waals surface area contributed by atoms with Gasteiger partial charge in [-0.1, -0.05) is 30.3 Å². The molecule has 19 heavy (non-hydrogen) atoms. The first kappa shape index (κ1) is 14.3. The minimum atomic E-state index is 0.185. The number of rotatable bonds is 3. The van der Waals surface area contributed by atoms with Crippen LogP contribution in [0.5, 0.6) is 0 Å². The van der Waals surface area contributed by atoms with Crippen LogP contribution in [0.25, 0.3) is 0 Å². The zero-order valence-corrected chi connectivity index (χ0v) is 13.5. The van der Waals surface area contributed by atoms with Gasteiger partial charge < -0.3 is 10.6 Å². The van der Waals surface area contributed by atoms with Crippen LogP contribution in [0, 0.1) is 3.57 Å². The topological polar surface area (TPSA) is 24.1 Å². The Morgan fingerprint density at radius 2 is 1.68 bits per heavy atom. The lowest BCUT2D eigenvalue weighted by Gasteiger charge is -2.17. The Morgan fingerprint density at radius 1 is 1.05 bits per heavy atom. The van der Waals surface area contributed by atoms with Gasteiger partial charge in [0.25, 0.3) is 0 Å². The van der Waals surface area contributed by atoms with Gasteiger partial charge in [-0.2, -0.15) is 0 Å². The van der Waals surface area contributed by atoms with Gasteiger partial charge in [-0.05, 0) is 71.6 Å². The molecular formula is C15H15IN2S. The Balaban J connectivity index is 1.93. The third-order valence-corrected chi connectivity index (χ3v) is 3.69. The molecule has 0 saturated heterocycles. The first-order valence-electron chi connectivity index (χ1n) is 6.03. The maximum Gasteiger partial charge on any atom is 0.171 e. The highest BCUT2D eigenvalue weighted by Gasteiger charge is 2.06. The highest BCUT2D eigenvalue weighted by molar-refractivity contribution is 14.1. The first-order chi connectivity index (χ1) is 9.15. The number of benzene rings is 2. The Kier molecular flexibility index (Phi) is 5.15. The number of halogens is 1. The molecule has 2 aromatic carbocycles. The number of nitrogens with one attached hydrogen (secondary N) is 2. The molecule has 4 heteroatoms. The van der Waals surface area contributed by atoms with Crippen LogP contribution in [0.4, 0.5) is 5.69 Å². The van der Waals surface area contributed by atoms with Crippen LogP contribution in [0.15, 0.2) is 54.6 Å². The van der Waals surface area contributed by atoms with E-state index in [4.69, 9.17) is 12.2 Å². The van der Waals surface area contributed by atoms with Crippen molar-refractivity contribution in [3.63, 3.8) is 0 Å². The molecule has 2 aromatic rings. The number of thiocarbonyl (C=S) groups is 1. The second-order valence-electron chi connectivity index (χ2n) is 4.24. The maximum absolute atomic E-state index is 5.32. The SMILES string of the molecule is CC(NC(=S)Nc1ccc(I)cc1)c1ccccc1. The van der Waals surface area contributed by atoms with Gasteiger partial charge in [-0.3, -0.25) is 0 Å². The molecule has 0 aromatic heterocycles. The summed E-state index contributed by atoms with van der Waals surface area (Å²) in [5, 5.41) is 7.10. The van der Waals surface area contributed by atoms with E-state index in [-0.39, 0.29) is 6.04 Å². The highest BCUT2D eigenvalue weighted by atomic mass is 127. The fraction of sp³-hybridized carbons (Fsp3) is 0.133. The van der Waals surface area contributed by atoms with Crippen molar-refractivity contribution in [3.05, 3.63) is 63.7 Å². The van der Waals surface area contributed by atoms with E-state index in [1.54, 1.807) is 0 Å². The zero-order valence-electron chi connectivity index (χ0n) is 10.6. The van der Waals surface area contributed by atoms with Crippen molar-refractivity contribution < 1.29 is 0 Å². The van der Waals surface area contributed by atoms with Crippen molar-refractivity contribution in [2.24, 2.45) is 0 Å². The van der Waals surface area contributed by atoms with Crippen molar-refractivity contribution in [2.45, 2.75) is 13.0 Å². The van der Waals surface area contributed by atoms with Crippen LogP contribution in [-0.2, 0) is 0 Å². The molecule has 1 atom stereocenters.